The largest absolute Gasteiger partial charge is 0.496 e. The van der Waals surface area contributed by atoms with Crippen LogP contribution in [0.4, 0.5) is 0 Å². The van der Waals surface area contributed by atoms with Crippen LogP contribution >= 0.6 is 0 Å². The van der Waals surface area contributed by atoms with Crippen LogP contribution in [-0.4, -0.2) is 37.5 Å². The first-order valence-corrected chi connectivity index (χ1v) is 11.2. The summed E-state index contributed by atoms with van der Waals surface area (Å²) in [6.45, 7) is 2.27. The number of rotatable bonds is 6. The number of carbonyl (C=O) groups is 2. The Labute approximate surface area is 194 Å². The smallest absolute Gasteiger partial charge is 0.310 e. The van der Waals surface area contributed by atoms with Gasteiger partial charge in [0, 0.05) is 19.0 Å². The molecule has 0 fully saturated rings. The average Bonchev–Trinajstić information content (AvgIpc) is 2.84. The van der Waals surface area contributed by atoms with E-state index in [0.717, 1.165) is 28.7 Å². The molecule has 1 aliphatic heterocycles. The summed E-state index contributed by atoms with van der Waals surface area (Å²) in [5.74, 6) is 0.397. The summed E-state index contributed by atoms with van der Waals surface area (Å²) < 4.78 is 10.5. The molecule has 3 aromatic rings. The molecule has 5 heteroatoms. The van der Waals surface area contributed by atoms with Gasteiger partial charge in [-0.15, -0.1) is 0 Å². The lowest BCUT2D eigenvalue weighted by molar-refractivity contribution is -0.139. The Hall–Kier alpha value is -3.60. The summed E-state index contributed by atoms with van der Waals surface area (Å²) in [7, 11) is 2.99. The number of ether oxygens (including phenoxy) is 2. The molecule has 1 atom stereocenters. The topological polar surface area (TPSA) is 55.8 Å². The van der Waals surface area contributed by atoms with Gasteiger partial charge in [0.25, 0.3) is 0 Å². The van der Waals surface area contributed by atoms with Gasteiger partial charge in [-0.2, -0.15) is 0 Å². The summed E-state index contributed by atoms with van der Waals surface area (Å²) in [6, 6.07) is 22.6. The molecule has 0 spiro atoms. The van der Waals surface area contributed by atoms with Crippen molar-refractivity contribution in [2.45, 2.75) is 32.2 Å². The number of nitrogens with zero attached hydrogens (tertiary/aromatic N) is 1. The highest BCUT2D eigenvalue weighted by molar-refractivity contribution is 5.76. The number of hydrogen-bond acceptors (Lipinski definition) is 4. The van der Waals surface area contributed by atoms with E-state index in [1.165, 1.54) is 18.2 Å². The number of fused-ring (bicyclic) bond motifs is 1. The highest BCUT2D eigenvalue weighted by atomic mass is 16.5. The summed E-state index contributed by atoms with van der Waals surface area (Å²) in [4.78, 5) is 26.5. The average molecular weight is 444 g/mol. The van der Waals surface area contributed by atoms with Gasteiger partial charge in [-0.25, -0.2) is 0 Å². The van der Waals surface area contributed by atoms with Gasteiger partial charge < -0.3 is 14.4 Å². The molecule has 1 unspecified atom stereocenters. The summed E-state index contributed by atoms with van der Waals surface area (Å²) in [5, 5.41) is 0. The van der Waals surface area contributed by atoms with Crippen LogP contribution in [0.25, 0.3) is 11.1 Å². The molecule has 4 rings (SSSR count). The number of carbonyl (C=O) groups excluding carboxylic acids is 2. The van der Waals surface area contributed by atoms with Crippen LogP contribution in [0.1, 0.15) is 35.2 Å². The van der Waals surface area contributed by atoms with Crippen LogP contribution in [0.15, 0.2) is 66.7 Å². The Bertz CT molecular complexity index is 1160. The Balaban J connectivity index is 1.77. The van der Waals surface area contributed by atoms with E-state index >= 15 is 0 Å². The molecule has 0 saturated heterocycles. The second-order valence-corrected chi connectivity index (χ2v) is 8.32. The lowest BCUT2D eigenvalue weighted by Crippen LogP contribution is -2.40. The van der Waals surface area contributed by atoms with E-state index in [0.29, 0.717) is 18.7 Å². The van der Waals surface area contributed by atoms with E-state index in [1.54, 1.807) is 14.0 Å². The Morgan fingerprint density at radius 1 is 0.970 bits per heavy atom. The van der Waals surface area contributed by atoms with E-state index in [2.05, 4.69) is 24.3 Å². The van der Waals surface area contributed by atoms with Crippen molar-refractivity contribution in [2.75, 3.05) is 20.8 Å². The lowest BCUT2D eigenvalue weighted by atomic mass is 9.85. The SMILES string of the molecule is COC(=O)Cc1cc2c(cc1OC)C(Cc1ccccc1-c1ccccc1)N(C(C)=O)CC2. The van der Waals surface area contributed by atoms with E-state index < -0.39 is 0 Å². The number of amides is 1. The van der Waals surface area contributed by atoms with Gasteiger partial charge in [-0.3, -0.25) is 9.59 Å². The maximum Gasteiger partial charge on any atom is 0.310 e. The van der Waals surface area contributed by atoms with Crippen LogP contribution in [0.3, 0.4) is 0 Å². The zero-order chi connectivity index (χ0) is 23.4. The predicted molar refractivity (Wildman–Crippen MR) is 128 cm³/mol. The molecule has 1 aliphatic rings. The monoisotopic (exact) mass is 443 g/mol. The van der Waals surface area contributed by atoms with Crippen molar-refractivity contribution in [3.63, 3.8) is 0 Å². The Kier molecular flexibility index (Phi) is 6.78. The minimum atomic E-state index is -0.303. The molecule has 0 N–H and O–H groups in total. The van der Waals surface area contributed by atoms with Gasteiger partial charge in [-0.1, -0.05) is 60.7 Å². The van der Waals surface area contributed by atoms with Crippen LogP contribution in [0.2, 0.25) is 0 Å². The quantitative estimate of drug-likeness (QED) is 0.515. The molecule has 0 aromatic heterocycles. The van der Waals surface area contributed by atoms with Gasteiger partial charge in [-0.05, 0) is 46.7 Å². The highest BCUT2D eigenvalue weighted by Crippen LogP contribution is 2.38. The third-order valence-electron chi connectivity index (χ3n) is 6.38. The first-order chi connectivity index (χ1) is 16.0. The van der Waals surface area contributed by atoms with Crippen molar-refractivity contribution < 1.29 is 19.1 Å². The van der Waals surface area contributed by atoms with Crippen LogP contribution in [0, 0.1) is 0 Å². The van der Waals surface area contributed by atoms with Crippen molar-refractivity contribution in [3.8, 4) is 16.9 Å². The number of hydrogen-bond donors (Lipinski definition) is 0. The zero-order valence-corrected chi connectivity index (χ0v) is 19.3. The zero-order valence-electron chi connectivity index (χ0n) is 19.3. The summed E-state index contributed by atoms with van der Waals surface area (Å²) in [6.07, 6.45) is 1.59. The van der Waals surface area contributed by atoms with Gasteiger partial charge >= 0.3 is 5.97 Å². The fourth-order valence-corrected chi connectivity index (χ4v) is 4.74. The number of methoxy groups -OCH3 is 2. The third-order valence-corrected chi connectivity index (χ3v) is 6.38. The van der Waals surface area contributed by atoms with E-state index in [-0.39, 0.29) is 24.3 Å². The van der Waals surface area contributed by atoms with E-state index in [9.17, 15) is 9.59 Å². The molecule has 5 nitrogen and oxygen atoms in total. The lowest BCUT2D eigenvalue weighted by Gasteiger charge is -2.38. The predicted octanol–water partition coefficient (Wildman–Crippen LogP) is 4.77. The van der Waals surface area contributed by atoms with Crippen molar-refractivity contribution in [1.29, 1.82) is 0 Å². The standard InChI is InChI=1S/C28H29NO4/c1-19(30)29-14-13-22-15-23(17-28(31)33-3)27(32-2)18-25(22)26(29)16-21-11-7-8-12-24(21)20-9-5-4-6-10-20/h4-12,15,18,26H,13-14,16-17H2,1-3H3. The normalized spacial score (nSPS) is 15.0. The molecule has 0 bridgehead atoms. The Morgan fingerprint density at radius 2 is 1.70 bits per heavy atom. The van der Waals surface area contributed by atoms with Crippen LogP contribution < -0.4 is 4.74 Å². The van der Waals surface area contributed by atoms with Crippen LogP contribution in [0.5, 0.6) is 5.75 Å². The molecular formula is C28H29NO4. The molecule has 0 saturated carbocycles. The third kappa shape index (κ3) is 4.77. The van der Waals surface area contributed by atoms with Gasteiger partial charge in [0.2, 0.25) is 5.91 Å². The van der Waals surface area contributed by atoms with E-state index in [1.807, 2.05) is 47.4 Å². The molecule has 170 valence electrons. The first kappa shape index (κ1) is 22.6. The molecule has 1 heterocycles. The fourth-order valence-electron chi connectivity index (χ4n) is 4.74. The molecule has 1 amide bonds. The highest BCUT2D eigenvalue weighted by Gasteiger charge is 2.31. The van der Waals surface area contributed by atoms with Crippen molar-refractivity contribution in [2.24, 2.45) is 0 Å². The molecule has 33 heavy (non-hydrogen) atoms. The maximum absolute atomic E-state index is 12.6. The molecular weight excluding hydrogens is 414 g/mol. The maximum atomic E-state index is 12.6. The number of benzene rings is 3. The molecule has 0 aliphatic carbocycles. The van der Waals surface area contributed by atoms with Gasteiger partial charge in [0.05, 0.1) is 26.7 Å². The molecule has 0 radical (unpaired) electrons. The molecule has 3 aromatic carbocycles. The first-order valence-electron chi connectivity index (χ1n) is 11.2. The second-order valence-electron chi connectivity index (χ2n) is 8.32. The van der Waals surface area contributed by atoms with Crippen molar-refractivity contribution in [3.05, 3.63) is 89.0 Å². The second kappa shape index (κ2) is 9.90. The summed E-state index contributed by atoms with van der Waals surface area (Å²) >= 11 is 0. The van der Waals surface area contributed by atoms with E-state index in [4.69, 9.17) is 9.47 Å². The number of esters is 1. The summed E-state index contributed by atoms with van der Waals surface area (Å²) in [5.41, 5.74) is 6.54. The fraction of sp³-hybridized carbons (Fsp3) is 0.286. The minimum Gasteiger partial charge on any atom is -0.496 e. The van der Waals surface area contributed by atoms with Crippen molar-refractivity contribution >= 4 is 11.9 Å². The Morgan fingerprint density at radius 3 is 2.39 bits per heavy atom. The van der Waals surface area contributed by atoms with Gasteiger partial charge in [0.15, 0.2) is 0 Å². The van der Waals surface area contributed by atoms with Crippen LogP contribution in [-0.2, 0) is 33.6 Å². The van der Waals surface area contributed by atoms with Crippen molar-refractivity contribution in [1.82, 2.24) is 4.90 Å². The van der Waals surface area contributed by atoms with Gasteiger partial charge in [0.1, 0.15) is 5.75 Å². The minimum absolute atomic E-state index is 0.0560.